The molecular weight excluding hydrogens is 220 g/mol. The summed E-state index contributed by atoms with van der Waals surface area (Å²) in [5.41, 5.74) is 6.89. The largest absolute Gasteiger partial charge is 0.385 e. The van der Waals surface area contributed by atoms with Crippen LogP contribution in [0.2, 0.25) is 0 Å². The van der Waals surface area contributed by atoms with Crippen molar-refractivity contribution in [3.8, 4) is 0 Å². The van der Waals surface area contributed by atoms with Gasteiger partial charge in [-0.2, -0.15) is 0 Å². The van der Waals surface area contributed by atoms with E-state index in [9.17, 15) is 5.11 Å². The van der Waals surface area contributed by atoms with Gasteiger partial charge in [0, 0.05) is 5.41 Å². The molecule has 1 N–H and O–H groups in total. The van der Waals surface area contributed by atoms with E-state index in [4.69, 9.17) is 0 Å². The zero-order valence-electron chi connectivity index (χ0n) is 11.9. The van der Waals surface area contributed by atoms with Crippen LogP contribution in [0.4, 0.5) is 0 Å². The molecule has 3 aliphatic rings. The maximum Gasteiger partial charge on any atom is 0.0961 e. The van der Waals surface area contributed by atoms with Crippen molar-refractivity contribution in [1.29, 1.82) is 0 Å². The van der Waals surface area contributed by atoms with Crippen LogP contribution in [0.25, 0.3) is 0 Å². The summed E-state index contributed by atoms with van der Waals surface area (Å²) in [6.07, 6.45) is 5.46. The molecule has 3 aliphatic carbocycles. The maximum atomic E-state index is 10.9. The zero-order valence-corrected chi connectivity index (χ0v) is 11.9. The molecule has 3 rings (SSSR count). The van der Waals surface area contributed by atoms with Crippen LogP contribution in [0.1, 0.15) is 47.0 Å². The molecule has 0 aromatic heterocycles. The van der Waals surface area contributed by atoms with Crippen molar-refractivity contribution in [3.05, 3.63) is 46.1 Å². The highest BCUT2D eigenvalue weighted by molar-refractivity contribution is 5.72. The van der Waals surface area contributed by atoms with Gasteiger partial charge in [0.15, 0.2) is 0 Å². The number of aliphatic hydroxyl groups is 1. The number of fused-ring (bicyclic) bond motifs is 1. The Labute approximate surface area is 110 Å². The highest BCUT2D eigenvalue weighted by atomic mass is 16.3. The standard InChI is InChI=1S/C17H22O/c1-6-13-10(2)9-14-11(3)16(5,18)17(7-8-17)12(4)15(13)14/h9,18H,3,6-8H2,1-2,4-5H3/t16-/m0/s1. The van der Waals surface area contributed by atoms with Crippen molar-refractivity contribution in [3.63, 3.8) is 0 Å². The van der Waals surface area contributed by atoms with Gasteiger partial charge < -0.3 is 5.11 Å². The fourth-order valence-corrected chi connectivity index (χ4v) is 4.00. The van der Waals surface area contributed by atoms with Gasteiger partial charge in [-0.15, -0.1) is 0 Å². The first-order valence-electron chi connectivity index (χ1n) is 6.92. The molecular formula is C17H22O. The van der Waals surface area contributed by atoms with Crippen molar-refractivity contribution in [2.45, 2.75) is 52.6 Å². The number of rotatable bonds is 1. The van der Waals surface area contributed by atoms with E-state index in [-0.39, 0.29) is 5.41 Å². The minimum Gasteiger partial charge on any atom is -0.385 e. The maximum absolute atomic E-state index is 10.9. The summed E-state index contributed by atoms with van der Waals surface area (Å²) in [7, 11) is 0. The van der Waals surface area contributed by atoms with Crippen molar-refractivity contribution in [2.75, 3.05) is 0 Å². The minimum atomic E-state index is -0.768. The van der Waals surface area contributed by atoms with Gasteiger partial charge in [-0.1, -0.05) is 25.2 Å². The predicted octanol–water partition coefficient (Wildman–Crippen LogP) is 4.07. The molecule has 1 spiro atoms. The minimum absolute atomic E-state index is 0.0260. The first-order valence-corrected chi connectivity index (χ1v) is 6.92. The fourth-order valence-electron chi connectivity index (χ4n) is 4.00. The third kappa shape index (κ3) is 1.11. The van der Waals surface area contributed by atoms with E-state index < -0.39 is 5.60 Å². The van der Waals surface area contributed by atoms with E-state index >= 15 is 0 Å². The van der Waals surface area contributed by atoms with E-state index in [0.29, 0.717) is 0 Å². The van der Waals surface area contributed by atoms with Crippen LogP contribution in [0.5, 0.6) is 0 Å². The van der Waals surface area contributed by atoms with Crippen LogP contribution in [-0.4, -0.2) is 10.7 Å². The molecule has 0 aromatic rings. The molecule has 1 heteroatoms. The Kier molecular flexibility index (Phi) is 2.18. The summed E-state index contributed by atoms with van der Waals surface area (Å²) in [5.74, 6) is 0. The van der Waals surface area contributed by atoms with E-state index in [1.54, 1.807) is 0 Å². The zero-order chi connectivity index (χ0) is 13.3. The number of hydrogen-bond donors (Lipinski definition) is 1. The third-order valence-electron chi connectivity index (χ3n) is 5.45. The average molecular weight is 242 g/mol. The second-order valence-electron chi connectivity index (χ2n) is 6.21. The molecule has 0 aromatic carbocycles. The van der Waals surface area contributed by atoms with Gasteiger partial charge in [0.1, 0.15) is 0 Å². The molecule has 1 atom stereocenters. The molecule has 1 fully saturated rings. The Balaban J connectivity index is 2.28. The first-order chi connectivity index (χ1) is 8.37. The van der Waals surface area contributed by atoms with Crippen molar-refractivity contribution >= 4 is 0 Å². The normalized spacial score (nSPS) is 33.2. The molecule has 0 unspecified atom stereocenters. The molecule has 0 bridgehead atoms. The molecule has 96 valence electrons. The Morgan fingerprint density at radius 3 is 2.44 bits per heavy atom. The third-order valence-corrected chi connectivity index (χ3v) is 5.45. The van der Waals surface area contributed by atoms with Gasteiger partial charge in [-0.05, 0) is 67.9 Å². The lowest BCUT2D eigenvalue weighted by Gasteiger charge is -2.42. The lowest BCUT2D eigenvalue weighted by atomic mass is 9.65. The Bertz CT molecular complexity index is 548. The van der Waals surface area contributed by atoms with Gasteiger partial charge in [0.25, 0.3) is 0 Å². The van der Waals surface area contributed by atoms with Crippen LogP contribution in [0.15, 0.2) is 46.1 Å². The SMILES string of the molecule is C=C1C2=CC(C)=C(CC)C2=C(C)C2(CC2)[C@@]1(C)O. The smallest absolute Gasteiger partial charge is 0.0961 e. The molecule has 0 aliphatic heterocycles. The Morgan fingerprint density at radius 2 is 1.94 bits per heavy atom. The summed E-state index contributed by atoms with van der Waals surface area (Å²) in [5, 5.41) is 10.9. The van der Waals surface area contributed by atoms with Gasteiger partial charge >= 0.3 is 0 Å². The topological polar surface area (TPSA) is 20.2 Å². The molecule has 18 heavy (non-hydrogen) atoms. The summed E-state index contributed by atoms with van der Waals surface area (Å²) >= 11 is 0. The van der Waals surface area contributed by atoms with Crippen molar-refractivity contribution in [2.24, 2.45) is 5.41 Å². The van der Waals surface area contributed by atoms with Crippen LogP contribution >= 0.6 is 0 Å². The van der Waals surface area contributed by atoms with Crippen LogP contribution in [0.3, 0.4) is 0 Å². The van der Waals surface area contributed by atoms with Crippen LogP contribution in [-0.2, 0) is 0 Å². The lowest BCUT2D eigenvalue weighted by Crippen LogP contribution is -2.43. The molecule has 1 nitrogen and oxygen atoms in total. The van der Waals surface area contributed by atoms with Gasteiger partial charge in [-0.3, -0.25) is 0 Å². The lowest BCUT2D eigenvalue weighted by molar-refractivity contribution is 0.0363. The van der Waals surface area contributed by atoms with Crippen molar-refractivity contribution in [1.82, 2.24) is 0 Å². The van der Waals surface area contributed by atoms with E-state index in [1.807, 2.05) is 6.92 Å². The Hall–Kier alpha value is -1.08. The molecule has 0 saturated heterocycles. The fraction of sp³-hybridized carbons (Fsp3) is 0.529. The van der Waals surface area contributed by atoms with E-state index in [1.165, 1.54) is 27.9 Å². The second kappa shape index (κ2) is 3.27. The van der Waals surface area contributed by atoms with Gasteiger partial charge in [-0.25, -0.2) is 0 Å². The highest BCUT2D eigenvalue weighted by Crippen LogP contribution is 2.67. The summed E-state index contributed by atoms with van der Waals surface area (Å²) in [4.78, 5) is 0. The molecule has 0 heterocycles. The molecule has 1 saturated carbocycles. The predicted molar refractivity (Wildman–Crippen MR) is 75.2 cm³/mol. The number of hydrogen-bond acceptors (Lipinski definition) is 1. The molecule has 0 amide bonds. The van der Waals surface area contributed by atoms with E-state index in [0.717, 1.165) is 24.8 Å². The second-order valence-corrected chi connectivity index (χ2v) is 6.21. The molecule has 0 radical (unpaired) electrons. The summed E-state index contributed by atoms with van der Waals surface area (Å²) in [6, 6.07) is 0. The van der Waals surface area contributed by atoms with E-state index in [2.05, 4.69) is 33.4 Å². The monoisotopic (exact) mass is 242 g/mol. The quantitative estimate of drug-likeness (QED) is 0.735. The van der Waals surface area contributed by atoms with Gasteiger partial charge in [0.05, 0.1) is 5.60 Å². The van der Waals surface area contributed by atoms with Crippen LogP contribution < -0.4 is 0 Å². The first kappa shape index (κ1) is 12.0. The number of allylic oxidation sites excluding steroid dienone is 4. The van der Waals surface area contributed by atoms with Crippen molar-refractivity contribution < 1.29 is 5.11 Å². The summed E-state index contributed by atoms with van der Waals surface area (Å²) < 4.78 is 0. The Morgan fingerprint density at radius 1 is 1.33 bits per heavy atom. The highest BCUT2D eigenvalue weighted by Gasteiger charge is 2.62. The summed E-state index contributed by atoms with van der Waals surface area (Å²) in [6.45, 7) is 12.8. The average Bonchev–Trinajstić information content (AvgIpc) is 3.06. The van der Waals surface area contributed by atoms with Gasteiger partial charge in [0.2, 0.25) is 0 Å². The van der Waals surface area contributed by atoms with Crippen LogP contribution in [0, 0.1) is 5.41 Å².